The monoisotopic (exact) mass is 246 g/mol. The molecule has 0 aliphatic rings. The van der Waals surface area contributed by atoms with Crippen molar-refractivity contribution < 1.29 is 13.7 Å². The first-order valence-electron chi connectivity index (χ1n) is 4.68. The van der Waals surface area contributed by atoms with Gasteiger partial charge in [0.25, 0.3) is 0 Å². The van der Waals surface area contributed by atoms with Crippen molar-refractivity contribution in [2.75, 3.05) is 12.9 Å². The van der Waals surface area contributed by atoms with Gasteiger partial charge in [-0.05, 0) is 5.21 Å². The highest BCUT2D eigenvalue weighted by Crippen LogP contribution is 2.04. The van der Waals surface area contributed by atoms with Crippen molar-refractivity contribution in [1.29, 1.82) is 0 Å². The molecular weight excluding hydrogens is 232 g/mol. The first-order chi connectivity index (χ1) is 7.52. The summed E-state index contributed by atoms with van der Waals surface area (Å²) in [6.45, 7) is 1.67. The number of carbonyl (C=O) groups excluding carboxylic acids is 1. The normalized spacial score (nSPS) is 14.4. The molecule has 0 aliphatic heterocycles. The second kappa shape index (κ2) is 5.69. The van der Waals surface area contributed by atoms with E-state index in [2.05, 4.69) is 20.1 Å². The number of esters is 1. The number of aryl methyl sites for hydroxylation is 1. The predicted molar refractivity (Wildman–Crippen MR) is 56.7 cm³/mol. The molecule has 0 amide bonds. The summed E-state index contributed by atoms with van der Waals surface area (Å²) in [6.07, 6.45) is 0. The third kappa shape index (κ3) is 3.69. The van der Waals surface area contributed by atoms with Crippen LogP contribution in [0.25, 0.3) is 0 Å². The number of nitrogens with zero attached hydrogens (tertiary/aromatic N) is 4. The van der Waals surface area contributed by atoms with Gasteiger partial charge < -0.3 is 4.74 Å². The predicted octanol–water partition coefficient (Wildman–Crippen LogP) is -0.732. The summed E-state index contributed by atoms with van der Waals surface area (Å²) in [7, 11) is 1.76. The van der Waals surface area contributed by atoms with Crippen LogP contribution in [0, 0.1) is 5.92 Å². The Morgan fingerprint density at radius 3 is 2.81 bits per heavy atom. The van der Waals surface area contributed by atoms with Crippen LogP contribution >= 0.6 is 0 Å². The molecule has 0 N–H and O–H groups in total. The van der Waals surface area contributed by atoms with E-state index in [1.165, 1.54) is 11.9 Å². The summed E-state index contributed by atoms with van der Waals surface area (Å²) >= 11 is 0. The standard InChI is InChI=1S/C8H14N4O3S/c1-6(8(13)15-3)4-16(14)5-7-9-11-12(2)10-7/h6H,4-5H2,1-3H3. The smallest absolute Gasteiger partial charge is 0.309 e. The van der Waals surface area contributed by atoms with E-state index in [0.29, 0.717) is 5.82 Å². The molecule has 90 valence electrons. The second-order valence-corrected chi connectivity index (χ2v) is 4.87. The quantitative estimate of drug-likeness (QED) is 0.636. The van der Waals surface area contributed by atoms with Crippen LogP contribution in [0.1, 0.15) is 12.7 Å². The topological polar surface area (TPSA) is 87.0 Å². The van der Waals surface area contributed by atoms with E-state index >= 15 is 0 Å². The Labute approximate surface area is 95.6 Å². The largest absolute Gasteiger partial charge is 0.469 e. The average Bonchev–Trinajstić information content (AvgIpc) is 2.62. The van der Waals surface area contributed by atoms with Gasteiger partial charge >= 0.3 is 5.97 Å². The van der Waals surface area contributed by atoms with Crippen molar-refractivity contribution in [1.82, 2.24) is 20.2 Å². The maximum atomic E-state index is 11.6. The van der Waals surface area contributed by atoms with E-state index in [1.54, 1.807) is 14.0 Å². The summed E-state index contributed by atoms with van der Waals surface area (Å²) in [5.41, 5.74) is 0. The highest BCUT2D eigenvalue weighted by atomic mass is 32.2. The Bertz CT molecular complexity index is 392. The molecule has 1 rings (SSSR count). The molecule has 16 heavy (non-hydrogen) atoms. The van der Waals surface area contributed by atoms with E-state index in [9.17, 15) is 9.00 Å². The minimum Gasteiger partial charge on any atom is -0.469 e. The van der Waals surface area contributed by atoms with Crippen LogP contribution in [-0.4, -0.2) is 43.2 Å². The molecule has 0 radical (unpaired) electrons. The summed E-state index contributed by atoms with van der Waals surface area (Å²) in [4.78, 5) is 12.4. The van der Waals surface area contributed by atoms with Crippen molar-refractivity contribution >= 4 is 16.8 Å². The number of methoxy groups -OCH3 is 1. The van der Waals surface area contributed by atoms with Gasteiger partial charge in [0.2, 0.25) is 0 Å². The lowest BCUT2D eigenvalue weighted by Crippen LogP contribution is -2.20. The van der Waals surface area contributed by atoms with Crippen molar-refractivity contribution in [2.45, 2.75) is 12.7 Å². The number of tetrazole rings is 1. The number of ether oxygens (including phenoxy) is 1. The minimum atomic E-state index is -1.19. The highest BCUT2D eigenvalue weighted by molar-refractivity contribution is 7.84. The lowest BCUT2D eigenvalue weighted by Gasteiger charge is -2.07. The lowest BCUT2D eigenvalue weighted by atomic mass is 10.2. The molecule has 7 nitrogen and oxygen atoms in total. The lowest BCUT2D eigenvalue weighted by molar-refractivity contribution is -0.144. The summed E-state index contributed by atoms with van der Waals surface area (Å²) in [5.74, 6) is 0.112. The summed E-state index contributed by atoms with van der Waals surface area (Å²) in [6, 6.07) is 0. The van der Waals surface area contributed by atoms with Crippen molar-refractivity contribution in [3.8, 4) is 0 Å². The fraction of sp³-hybridized carbons (Fsp3) is 0.750. The maximum absolute atomic E-state index is 11.6. The Hall–Kier alpha value is -1.31. The van der Waals surface area contributed by atoms with E-state index in [0.717, 1.165) is 0 Å². The zero-order chi connectivity index (χ0) is 12.1. The molecule has 1 aromatic rings. The van der Waals surface area contributed by atoms with Gasteiger partial charge in [-0.3, -0.25) is 9.00 Å². The van der Waals surface area contributed by atoms with Crippen molar-refractivity contribution in [3.05, 3.63) is 5.82 Å². The molecule has 0 bridgehead atoms. The zero-order valence-electron chi connectivity index (χ0n) is 9.41. The van der Waals surface area contributed by atoms with Crippen LogP contribution in [0.5, 0.6) is 0 Å². The Balaban J connectivity index is 2.45. The van der Waals surface area contributed by atoms with Gasteiger partial charge in [-0.25, -0.2) is 0 Å². The third-order valence-corrected chi connectivity index (χ3v) is 3.33. The SMILES string of the molecule is COC(=O)C(C)CS(=O)Cc1nnn(C)n1. The first kappa shape index (κ1) is 12.8. The van der Waals surface area contributed by atoms with Crippen LogP contribution in [0.3, 0.4) is 0 Å². The van der Waals surface area contributed by atoms with Gasteiger partial charge in [-0.2, -0.15) is 4.80 Å². The number of hydrogen-bond donors (Lipinski definition) is 0. The molecule has 2 unspecified atom stereocenters. The number of hydrogen-bond acceptors (Lipinski definition) is 6. The Morgan fingerprint density at radius 2 is 2.31 bits per heavy atom. The summed E-state index contributed by atoms with van der Waals surface area (Å²) < 4.78 is 16.2. The van der Waals surface area contributed by atoms with E-state index in [1.807, 2.05) is 0 Å². The third-order valence-electron chi connectivity index (χ3n) is 1.88. The van der Waals surface area contributed by atoms with E-state index in [-0.39, 0.29) is 23.4 Å². The van der Waals surface area contributed by atoms with Crippen molar-refractivity contribution in [3.63, 3.8) is 0 Å². The molecule has 2 atom stereocenters. The molecule has 0 saturated heterocycles. The second-order valence-electron chi connectivity index (χ2n) is 3.37. The molecule has 0 spiro atoms. The van der Waals surface area contributed by atoms with Crippen LogP contribution < -0.4 is 0 Å². The van der Waals surface area contributed by atoms with E-state index in [4.69, 9.17) is 0 Å². The van der Waals surface area contributed by atoms with Gasteiger partial charge in [-0.15, -0.1) is 10.2 Å². The van der Waals surface area contributed by atoms with Crippen LogP contribution in [0.4, 0.5) is 0 Å². The molecule has 0 aromatic carbocycles. The first-order valence-corrected chi connectivity index (χ1v) is 6.17. The molecule has 0 saturated carbocycles. The van der Waals surface area contributed by atoms with Crippen LogP contribution in [0.15, 0.2) is 0 Å². The van der Waals surface area contributed by atoms with Crippen LogP contribution in [0.2, 0.25) is 0 Å². The van der Waals surface area contributed by atoms with Gasteiger partial charge in [0.1, 0.15) is 0 Å². The zero-order valence-corrected chi connectivity index (χ0v) is 10.2. The molecule has 0 aliphatic carbocycles. The molecule has 8 heteroatoms. The van der Waals surface area contributed by atoms with Gasteiger partial charge in [0.05, 0.1) is 25.8 Å². The molecule has 0 fully saturated rings. The van der Waals surface area contributed by atoms with Crippen LogP contribution in [-0.2, 0) is 33.1 Å². The molecule has 1 aromatic heterocycles. The fourth-order valence-electron chi connectivity index (χ4n) is 1.13. The maximum Gasteiger partial charge on any atom is 0.309 e. The number of carbonyl (C=O) groups is 1. The Kier molecular flexibility index (Phi) is 4.53. The minimum absolute atomic E-state index is 0.204. The van der Waals surface area contributed by atoms with E-state index < -0.39 is 10.8 Å². The Morgan fingerprint density at radius 1 is 1.62 bits per heavy atom. The van der Waals surface area contributed by atoms with Gasteiger partial charge in [0.15, 0.2) is 5.82 Å². The fourth-order valence-corrected chi connectivity index (χ4v) is 2.35. The molecule has 1 heterocycles. The number of rotatable bonds is 5. The summed E-state index contributed by atoms with van der Waals surface area (Å²) in [5, 5.41) is 11.3. The van der Waals surface area contributed by atoms with Crippen molar-refractivity contribution in [2.24, 2.45) is 13.0 Å². The average molecular weight is 246 g/mol. The van der Waals surface area contributed by atoms with Gasteiger partial charge in [-0.1, -0.05) is 6.92 Å². The molecular formula is C8H14N4O3S. The highest BCUT2D eigenvalue weighted by Gasteiger charge is 2.17. The number of aromatic nitrogens is 4. The van der Waals surface area contributed by atoms with Gasteiger partial charge in [0, 0.05) is 16.6 Å².